The van der Waals surface area contributed by atoms with Crippen LogP contribution in [0.4, 0.5) is 4.79 Å². The van der Waals surface area contributed by atoms with E-state index in [-0.39, 0.29) is 19.1 Å². The van der Waals surface area contributed by atoms with Crippen LogP contribution in [-0.2, 0) is 19.1 Å². The minimum Gasteiger partial charge on any atom is -0.469 e. The quantitative estimate of drug-likeness (QED) is 0.718. The lowest BCUT2D eigenvalue weighted by Gasteiger charge is -2.38. The van der Waals surface area contributed by atoms with Crippen molar-refractivity contribution >= 4 is 18.0 Å². The molecule has 0 bridgehead atoms. The van der Waals surface area contributed by atoms with Gasteiger partial charge in [0.1, 0.15) is 12.1 Å². The summed E-state index contributed by atoms with van der Waals surface area (Å²) in [5.74, 6) is -0.716. The summed E-state index contributed by atoms with van der Waals surface area (Å²) in [6.45, 7) is 5.38. The van der Waals surface area contributed by atoms with Gasteiger partial charge in [0.2, 0.25) is 5.91 Å². The predicted octanol–water partition coefficient (Wildman–Crippen LogP) is 0.285. The van der Waals surface area contributed by atoms with E-state index in [1.54, 1.807) is 25.7 Å². The zero-order valence-electron chi connectivity index (χ0n) is 14.2. The Morgan fingerprint density at radius 3 is 2.22 bits per heavy atom. The fraction of sp³-hybridized carbons (Fsp3) is 0.800. The summed E-state index contributed by atoms with van der Waals surface area (Å²) in [5.41, 5.74) is -1.57. The first-order valence-corrected chi connectivity index (χ1v) is 7.57. The van der Waals surface area contributed by atoms with E-state index >= 15 is 0 Å². The first-order chi connectivity index (χ1) is 10.6. The molecular weight excluding hydrogens is 304 g/mol. The number of nitrogens with zero attached hydrogens (tertiary/aromatic N) is 1. The monoisotopic (exact) mass is 330 g/mol. The molecule has 1 fully saturated rings. The van der Waals surface area contributed by atoms with Crippen molar-refractivity contribution in [1.29, 1.82) is 0 Å². The number of methoxy groups -OCH3 is 1. The second-order valence-electron chi connectivity index (χ2n) is 6.67. The van der Waals surface area contributed by atoms with E-state index in [1.165, 1.54) is 7.11 Å². The Balaban J connectivity index is 2.46. The highest BCUT2D eigenvalue weighted by Crippen LogP contribution is 2.32. The average molecular weight is 330 g/mol. The maximum atomic E-state index is 12.1. The summed E-state index contributed by atoms with van der Waals surface area (Å²) in [6.07, 6.45) is 0.00465. The second kappa shape index (κ2) is 7.63. The smallest absolute Gasteiger partial charge is 0.408 e. The van der Waals surface area contributed by atoms with Gasteiger partial charge in [0.15, 0.2) is 0 Å². The van der Waals surface area contributed by atoms with Gasteiger partial charge in [0.05, 0.1) is 19.1 Å². The molecule has 2 amide bonds. The Morgan fingerprint density at radius 2 is 1.78 bits per heavy atom. The lowest BCUT2D eigenvalue weighted by molar-refractivity contribution is -0.160. The SMILES string of the molecule is COC(=O)C1(CO)CCN(C(=O)CNC(=O)OC(C)(C)C)CC1. The van der Waals surface area contributed by atoms with Crippen LogP contribution in [0.5, 0.6) is 0 Å². The number of hydrogen-bond acceptors (Lipinski definition) is 6. The van der Waals surface area contributed by atoms with Crippen molar-refractivity contribution in [3.8, 4) is 0 Å². The van der Waals surface area contributed by atoms with Gasteiger partial charge in [-0.25, -0.2) is 4.79 Å². The van der Waals surface area contributed by atoms with E-state index in [2.05, 4.69) is 5.32 Å². The van der Waals surface area contributed by atoms with Crippen LogP contribution < -0.4 is 5.32 Å². The molecule has 23 heavy (non-hydrogen) atoms. The summed E-state index contributed by atoms with van der Waals surface area (Å²) in [6, 6.07) is 0. The van der Waals surface area contributed by atoms with E-state index in [4.69, 9.17) is 9.47 Å². The summed E-state index contributed by atoms with van der Waals surface area (Å²) in [4.78, 5) is 36.9. The fourth-order valence-corrected chi connectivity index (χ4v) is 2.40. The van der Waals surface area contributed by atoms with Crippen molar-refractivity contribution in [2.24, 2.45) is 5.41 Å². The maximum Gasteiger partial charge on any atom is 0.408 e. The van der Waals surface area contributed by atoms with Crippen LogP contribution in [0.2, 0.25) is 0 Å². The predicted molar refractivity (Wildman–Crippen MR) is 81.6 cm³/mol. The highest BCUT2D eigenvalue weighted by molar-refractivity contribution is 5.83. The van der Waals surface area contributed by atoms with Crippen LogP contribution >= 0.6 is 0 Å². The molecule has 8 nitrogen and oxygen atoms in total. The normalized spacial score (nSPS) is 17.3. The Labute approximate surface area is 136 Å². The zero-order chi connectivity index (χ0) is 17.7. The number of carbonyl (C=O) groups is 3. The largest absolute Gasteiger partial charge is 0.469 e. The number of rotatable bonds is 4. The fourth-order valence-electron chi connectivity index (χ4n) is 2.40. The number of alkyl carbamates (subject to hydrolysis) is 1. The maximum absolute atomic E-state index is 12.1. The molecule has 0 aromatic rings. The number of ether oxygens (including phenoxy) is 2. The van der Waals surface area contributed by atoms with Crippen molar-refractivity contribution in [3.05, 3.63) is 0 Å². The molecule has 2 N–H and O–H groups in total. The molecule has 0 atom stereocenters. The van der Waals surface area contributed by atoms with Gasteiger partial charge >= 0.3 is 12.1 Å². The molecule has 1 aliphatic heterocycles. The average Bonchev–Trinajstić information content (AvgIpc) is 2.50. The molecular formula is C15H26N2O6. The van der Waals surface area contributed by atoms with Crippen LogP contribution in [0.3, 0.4) is 0 Å². The molecule has 0 spiro atoms. The van der Waals surface area contributed by atoms with E-state index in [0.29, 0.717) is 25.9 Å². The van der Waals surface area contributed by atoms with E-state index in [1.807, 2.05) is 0 Å². The Morgan fingerprint density at radius 1 is 1.22 bits per heavy atom. The zero-order valence-corrected chi connectivity index (χ0v) is 14.2. The Hall–Kier alpha value is -1.83. The number of nitrogens with one attached hydrogen (secondary N) is 1. The number of aliphatic hydroxyl groups is 1. The van der Waals surface area contributed by atoms with Crippen molar-refractivity contribution in [2.75, 3.05) is 33.4 Å². The molecule has 1 aliphatic rings. The molecule has 0 unspecified atom stereocenters. The number of piperidine rings is 1. The van der Waals surface area contributed by atoms with Crippen LogP contribution in [0, 0.1) is 5.41 Å². The lowest BCUT2D eigenvalue weighted by Crippen LogP contribution is -2.51. The van der Waals surface area contributed by atoms with Crippen LogP contribution in [-0.4, -0.2) is 66.9 Å². The summed E-state index contributed by atoms with van der Waals surface area (Å²) in [5, 5.41) is 11.9. The highest BCUT2D eigenvalue weighted by atomic mass is 16.6. The number of likely N-dealkylation sites (tertiary alicyclic amines) is 1. The molecule has 0 radical (unpaired) electrons. The van der Waals surface area contributed by atoms with Gasteiger partial charge in [-0.2, -0.15) is 0 Å². The van der Waals surface area contributed by atoms with Gasteiger partial charge in [-0.3, -0.25) is 9.59 Å². The van der Waals surface area contributed by atoms with Gasteiger partial charge < -0.3 is 24.8 Å². The molecule has 1 rings (SSSR count). The van der Waals surface area contributed by atoms with Crippen molar-refractivity contribution in [3.63, 3.8) is 0 Å². The summed E-state index contributed by atoms with van der Waals surface area (Å²) in [7, 11) is 1.28. The van der Waals surface area contributed by atoms with Gasteiger partial charge in [-0.15, -0.1) is 0 Å². The van der Waals surface area contributed by atoms with Crippen LogP contribution in [0.15, 0.2) is 0 Å². The first kappa shape index (κ1) is 19.2. The molecule has 8 heteroatoms. The van der Waals surface area contributed by atoms with Gasteiger partial charge in [0, 0.05) is 13.1 Å². The third-order valence-electron chi connectivity index (χ3n) is 3.78. The number of aliphatic hydroxyl groups excluding tert-OH is 1. The molecule has 0 saturated carbocycles. The number of carbonyl (C=O) groups excluding carboxylic acids is 3. The van der Waals surface area contributed by atoms with E-state index < -0.39 is 23.1 Å². The molecule has 1 heterocycles. The van der Waals surface area contributed by atoms with E-state index in [9.17, 15) is 19.5 Å². The first-order valence-electron chi connectivity index (χ1n) is 7.57. The van der Waals surface area contributed by atoms with Gasteiger partial charge in [-0.1, -0.05) is 0 Å². The van der Waals surface area contributed by atoms with Gasteiger partial charge in [0.25, 0.3) is 0 Å². The summed E-state index contributed by atoms with van der Waals surface area (Å²) < 4.78 is 9.79. The highest BCUT2D eigenvalue weighted by Gasteiger charge is 2.42. The minimum absolute atomic E-state index is 0.167. The molecule has 0 aromatic heterocycles. The molecule has 132 valence electrons. The van der Waals surface area contributed by atoms with Crippen molar-refractivity contribution in [2.45, 2.75) is 39.2 Å². The topological polar surface area (TPSA) is 105 Å². The number of amides is 2. The molecule has 0 aliphatic carbocycles. The minimum atomic E-state index is -0.940. The third-order valence-corrected chi connectivity index (χ3v) is 3.78. The second-order valence-corrected chi connectivity index (χ2v) is 6.67. The van der Waals surface area contributed by atoms with Crippen molar-refractivity contribution < 1.29 is 29.0 Å². The Kier molecular flexibility index (Phi) is 6.37. The summed E-state index contributed by atoms with van der Waals surface area (Å²) >= 11 is 0. The van der Waals surface area contributed by atoms with Crippen LogP contribution in [0.1, 0.15) is 33.6 Å². The number of hydrogen-bond donors (Lipinski definition) is 2. The van der Waals surface area contributed by atoms with E-state index in [0.717, 1.165) is 0 Å². The molecule has 0 aromatic carbocycles. The standard InChI is InChI=1S/C15H26N2O6/c1-14(2,3)23-13(21)16-9-11(19)17-7-5-15(10-18,6-8-17)12(20)22-4/h18H,5-10H2,1-4H3,(H,16,21). The molecule has 1 saturated heterocycles. The lowest BCUT2D eigenvalue weighted by atomic mass is 9.79. The van der Waals surface area contributed by atoms with Crippen LogP contribution in [0.25, 0.3) is 0 Å². The van der Waals surface area contributed by atoms with Crippen molar-refractivity contribution in [1.82, 2.24) is 10.2 Å². The Bertz CT molecular complexity index is 449. The number of esters is 1. The van der Waals surface area contributed by atoms with Gasteiger partial charge in [-0.05, 0) is 33.6 Å². The third kappa shape index (κ3) is 5.38.